The van der Waals surface area contributed by atoms with E-state index in [9.17, 15) is 0 Å². The molecule has 3 nitrogen and oxygen atoms in total. The zero-order valence-corrected chi connectivity index (χ0v) is 15.1. The zero-order valence-electron chi connectivity index (χ0n) is 14.3. The standard InChI is InChI=1S/C19H29NO2S/c1-21-18-13-17-16(7-12-23-17)19(22-18)8-10-20(11-9-19)14-15-5-3-2-4-6-15/h7,12,15,18H,2-6,8-11,13-14H2,1H3/t18-/m1/s1. The van der Waals surface area contributed by atoms with E-state index < -0.39 is 0 Å². The lowest BCUT2D eigenvalue weighted by Crippen LogP contribution is -2.49. The Kier molecular flexibility index (Phi) is 4.77. The number of thiophene rings is 1. The molecule has 128 valence electrons. The Balaban J connectivity index is 1.42. The molecule has 3 aliphatic rings. The molecule has 1 aromatic rings. The minimum atomic E-state index is -0.0860. The number of methoxy groups -OCH3 is 1. The fourth-order valence-electron chi connectivity index (χ4n) is 4.76. The van der Waals surface area contributed by atoms with Gasteiger partial charge in [-0.1, -0.05) is 19.3 Å². The van der Waals surface area contributed by atoms with Crippen molar-refractivity contribution in [1.29, 1.82) is 0 Å². The van der Waals surface area contributed by atoms with Gasteiger partial charge in [0.15, 0.2) is 6.29 Å². The molecule has 0 unspecified atom stereocenters. The Labute approximate surface area is 144 Å². The van der Waals surface area contributed by atoms with Crippen molar-refractivity contribution in [3.8, 4) is 0 Å². The van der Waals surface area contributed by atoms with Crippen LogP contribution in [0.4, 0.5) is 0 Å². The van der Waals surface area contributed by atoms with Crippen molar-refractivity contribution in [1.82, 2.24) is 4.90 Å². The van der Waals surface area contributed by atoms with Gasteiger partial charge in [-0.25, -0.2) is 0 Å². The van der Waals surface area contributed by atoms with Gasteiger partial charge in [0.05, 0.1) is 5.60 Å². The molecular formula is C19H29NO2S. The normalized spacial score (nSPS) is 28.8. The first-order valence-electron chi connectivity index (χ1n) is 9.29. The third-order valence-corrected chi connectivity index (χ3v) is 7.06. The van der Waals surface area contributed by atoms with E-state index in [2.05, 4.69) is 16.3 Å². The molecule has 0 radical (unpaired) electrons. The molecule has 1 aliphatic carbocycles. The molecule has 3 heterocycles. The van der Waals surface area contributed by atoms with Crippen LogP contribution in [0.25, 0.3) is 0 Å². The quantitative estimate of drug-likeness (QED) is 0.828. The number of piperidine rings is 1. The van der Waals surface area contributed by atoms with Crippen LogP contribution in [0.3, 0.4) is 0 Å². The summed E-state index contributed by atoms with van der Waals surface area (Å²) in [5.74, 6) is 0.938. The van der Waals surface area contributed by atoms with Crippen molar-refractivity contribution in [3.63, 3.8) is 0 Å². The fourth-order valence-corrected chi connectivity index (χ4v) is 5.74. The molecule has 0 aromatic carbocycles. The van der Waals surface area contributed by atoms with E-state index >= 15 is 0 Å². The zero-order chi connectivity index (χ0) is 15.7. The summed E-state index contributed by atoms with van der Waals surface area (Å²) in [6.45, 7) is 3.64. The Bertz CT molecular complexity index is 515. The van der Waals surface area contributed by atoms with Gasteiger partial charge in [-0.2, -0.15) is 0 Å². The molecule has 1 spiro atoms. The second-order valence-electron chi connectivity index (χ2n) is 7.54. The van der Waals surface area contributed by atoms with E-state index in [1.54, 1.807) is 7.11 Å². The van der Waals surface area contributed by atoms with Crippen molar-refractivity contribution >= 4 is 11.3 Å². The molecule has 0 N–H and O–H groups in total. The molecular weight excluding hydrogens is 306 g/mol. The summed E-state index contributed by atoms with van der Waals surface area (Å²) in [6.07, 6.45) is 10.3. The van der Waals surface area contributed by atoms with Crippen LogP contribution in [-0.2, 0) is 21.5 Å². The minimum absolute atomic E-state index is 0.0638. The van der Waals surface area contributed by atoms with Crippen LogP contribution in [0.2, 0.25) is 0 Å². The van der Waals surface area contributed by atoms with E-state index in [4.69, 9.17) is 9.47 Å². The van der Waals surface area contributed by atoms with Crippen LogP contribution in [-0.4, -0.2) is 37.9 Å². The fraction of sp³-hybridized carbons (Fsp3) is 0.789. The van der Waals surface area contributed by atoms with E-state index in [0.717, 1.165) is 25.2 Å². The lowest BCUT2D eigenvalue weighted by atomic mass is 9.81. The SMILES string of the molecule is CO[C@H]1Cc2sccc2C2(CCN(CC3CCCCC3)CC2)O1. The summed E-state index contributed by atoms with van der Waals surface area (Å²) in [4.78, 5) is 4.16. The number of hydrogen-bond acceptors (Lipinski definition) is 4. The Morgan fingerprint density at radius 2 is 2.04 bits per heavy atom. The van der Waals surface area contributed by atoms with Crippen LogP contribution in [0.5, 0.6) is 0 Å². The lowest BCUT2D eigenvalue weighted by molar-refractivity contribution is -0.226. The summed E-state index contributed by atoms with van der Waals surface area (Å²) in [5, 5.41) is 2.22. The van der Waals surface area contributed by atoms with Crippen molar-refractivity contribution in [2.24, 2.45) is 5.92 Å². The smallest absolute Gasteiger partial charge is 0.163 e. The molecule has 1 saturated heterocycles. The topological polar surface area (TPSA) is 21.7 Å². The van der Waals surface area contributed by atoms with E-state index in [0.29, 0.717) is 0 Å². The second-order valence-corrected chi connectivity index (χ2v) is 8.54. The van der Waals surface area contributed by atoms with E-state index in [1.165, 1.54) is 62.2 Å². The lowest BCUT2D eigenvalue weighted by Gasteiger charge is -2.46. The highest BCUT2D eigenvalue weighted by Crippen LogP contribution is 2.45. The number of nitrogens with zero attached hydrogens (tertiary/aromatic N) is 1. The molecule has 4 heteroatoms. The van der Waals surface area contributed by atoms with Crippen molar-refractivity contribution < 1.29 is 9.47 Å². The van der Waals surface area contributed by atoms with Gasteiger partial charge in [-0.05, 0) is 48.6 Å². The number of rotatable bonds is 3. The van der Waals surface area contributed by atoms with Crippen molar-refractivity contribution in [2.75, 3.05) is 26.7 Å². The molecule has 2 fully saturated rings. The molecule has 1 aromatic heterocycles. The van der Waals surface area contributed by atoms with Crippen LogP contribution in [0, 0.1) is 5.92 Å². The number of hydrogen-bond donors (Lipinski definition) is 0. The maximum atomic E-state index is 6.44. The number of likely N-dealkylation sites (tertiary alicyclic amines) is 1. The van der Waals surface area contributed by atoms with Crippen LogP contribution >= 0.6 is 11.3 Å². The predicted molar refractivity (Wildman–Crippen MR) is 93.8 cm³/mol. The van der Waals surface area contributed by atoms with Crippen LogP contribution in [0.15, 0.2) is 11.4 Å². The summed E-state index contributed by atoms with van der Waals surface area (Å²) in [6, 6.07) is 2.29. The molecule has 0 amide bonds. The van der Waals surface area contributed by atoms with Gasteiger partial charge in [0.2, 0.25) is 0 Å². The summed E-state index contributed by atoms with van der Waals surface area (Å²) in [7, 11) is 1.77. The molecule has 0 bridgehead atoms. The van der Waals surface area contributed by atoms with E-state index in [1.807, 2.05) is 11.3 Å². The molecule has 4 rings (SSSR count). The van der Waals surface area contributed by atoms with Gasteiger partial charge < -0.3 is 14.4 Å². The Hall–Kier alpha value is -0.420. The number of ether oxygens (including phenoxy) is 2. The summed E-state index contributed by atoms with van der Waals surface area (Å²) >= 11 is 1.87. The highest BCUT2D eigenvalue weighted by molar-refractivity contribution is 7.10. The maximum Gasteiger partial charge on any atom is 0.163 e. The Morgan fingerprint density at radius 3 is 2.78 bits per heavy atom. The summed E-state index contributed by atoms with van der Waals surface area (Å²) in [5.41, 5.74) is 1.37. The van der Waals surface area contributed by atoms with Crippen molar-refractivity contribution in [3.05, 3.63) is 21.9 Å². The summed E-state index contributed by atoms with van der Waals surface area (Å²) < 4.78 is 12.0. The largest absolute Gasteiger partial charge is 0.355 e. The number of fused-ring (bicyclic) bond motifs is 2. The third kappa shape index (κ3) is 3.23. The van der Waals surface area contributed by atoms with Gasteiger partial charge in [0, 0.05) is 38.0 Å². The molecule has 2 aliphatic heterocycles. The maximum absolute atomic E-state index is 6.44. The highest BCUT2D eigenvalue weighted by atomic mass is 32.1. The van der Waals surface area contributed by atoms with Crippen LogP contribution in [0.1, 0.15) is 55.4 Å². The highest BCUT2D eigenvalue weighted by Gasteiger charge is 2.44. The average Bonchev–Trinajstić information content (AvgIpc) is 3.07. The first-order chi connectivity index (χ1) is 11.3. The van der Waals surface area contributed by atoms with Crippen LogP contribution < -0.4 is 0 Å². The second kappa shape index (κ2) is 6.83. The first kappa shape index (κ1) is 16.1. The third-order valence-electron chi connectivity index (χ3n) is 6.11. The van der Waals surface area contributed by atoms with Gasteiger partial charge in [0.25, 0.3) is 0 Å². The monoisotopic (exact) mass is 335 g/mol. The van der Waals surface area contributed by atoms with Gasteiger partial charge >= 0.3 is 0 Å². The van der Waals surface area contributed by atoms with Gasteiger partial charge in [-0.3, -0.25) is 0 Å². The van der Waals surface area contributed by atoms with Gasteiger partial charge in [-0.15, -0.1) is 11.3 Å². The Morgan fingerprint density at radius 1 is 1.26 bits per heavy atom. The van der Waals surface area contributed by atoms with Gasteiger partial charge in [0.1, 0.15) is 0 Å². The molecule has 1 saturated carbocycles. The molecule has 23 heavy (non-hydrogen) atoms. The van der Waals surface area contributed by atoms with Crippen molar-refractivity contribution in [2.45, 2.75) is 63.3 Å². The average molecular weight is 336 g/mol. The molecule has 1 atom stereocenters. The van der Waals surface area contributed by atoms with E-state index in [-0.39, 0.29) is 11.9 Å². The predicted octanol–water partition coefficient (Wildman–Crippen LogP) is 4.16. The first-order valence-corrected chi connectivity index (χ1v) is 10.2. The minimum Gasteiger partial charge on any atom is -0.355 e.